The molecule has 0 amide bonds. The van der Waals surface area contributed by atoms with Gasteiger partial charge in [-0.2, -0.15) is 4.98 Å². The maximum atomic E-state index is 11.4. The number of Topliss-reactive ketones (excluding diaryl/α,β-unsaturated/α-hetero) is 1. The summed E-state index contributed by atoms with van der Waals surface area (Å²) < 4.78 is 11.8. The largest absolute Gasteiger partial charge is 0.489 e. The molecule has 4 rings (SSSR count). The molecule has 7 nitrogen and oxygen atoms in total. The standard InChI is InChI=1S/C26H36N4O3/c1-18(13-20(3)31)22-5-7-23(8-6-22)33-24-9-11-30(16-24)25-19(2)14-27-26(28-25)29(4)15-21-10-12-32-17-21/h5-8,14,18,21,24H,9-13,15-17H2,1-4H3/t18-,21?,24-/m1/s1. The molecule has 1 aromatic heterocycles. The van der Waals surface area contributed by atoms with Crippen molar-refractivity contribution in [2.45, 2.75) is 52.1 Å². The average Bonchev–Trinajstić information content (AvgIpc) is 3.46. The first-order valence-electron chi connectivity index (χ1n) is 12.0. The van der Waals surface area contributed by atoms with Crippen LogP contribution in [0.3, 0.4) is 0 Å². The monoisotopic (exact) mass is 452 g/mol. The van der Waals surface area contributed by atoms with Crippen LogP contribution in [0, 0.1) is 12.8 Å². The molecule has 2 aliphatic heterocycles. The maximum Gasteiger partial charge on any atom is 0.227 e. The second-order valence-electron chi connectivity index (χ2n) is 9.64. The summed E-state index contributed by atoms with van der Waals surface area (Å²) in [6.45, 7) is 10.1. The van der Waals surface area contributed by atoms with Crippen LogP contribution < -0.4 is 14.5 Å². The van der Waals surface area contributed by atoms with Gasteiger partial charge >= 0.3 is 0 Å². The first-order valence-corrected chi connectivity index (χ1v) is 12.0. The Balaban J connectivity index is 1.36. The van der Waals surface area contributed by atoms with Gasteiger partial charge in [0.1, 0.15) is 23.5 Å². The molecular formula is C26H36N4O3. The number of hydrogen-bond donors (Lipinski definition) is 0. The highest BCUT2D eigenvalue weighted by molar-refractivity contribution is 5.76. The van der Waals surface area contributed by atoms with Crippen molar-refractivity contribution in [2.75, 3.05) is 49.7 Å². The normalized spacial score (nSPS) is 21.3. The number of ketones is 1. The van der Waals surface area contributed by atoms with Crippen molar-refractivity contribution in [3.63, 3.8) is 0 Å². The van der Waals surface area contributed by atoms with E-state index in [1.54, 1.807) is 6.92 Å². The van der Waals surface area contributed by atoms with Crippen LogP contribution in [0.2, 0.25) is 0 Å². The number of benzene rings is 1. The number of aromatic nitrogens is 2. The summed E-state index contributed by atoms with van der Waals surface area (Å²) in [5.41, 5.74) is 2.25. The van der Waals surface area contributed by atoms with Gasteiger partial charge < -0.3 is 24.1 Å². The van der Waals surface area contributed by atoms with Gasteiger partial charge in [-0.3, -0.25) is 0 Å². The minimum absolute atomic E-state index is 0.122. The fourth-order valence-corrected chi connectivity index (χ4v) is 4.76. The lowest BCUT2D eigenvalue weighted by Crippen LogP contribution is -2.29. The summed E-state index contributed by atoms with van der Waals surface area (Å²) in [4.78, 5) is 25.3. The number of hydrogen-bond acceptors (Lipinski definition) is 7. The second-order valence-corrected chi connectivity index (χ2v) is 9.64. The van der Waals surface area contributed by atoms with E-state index in [0.717, 1.165) is 68.8 Å². The summed E-state index contributed by atoms with van der Waals surface area (Å²) in [5.74, 6) is 3.63. The van der Waals surface area contributed by atoms with Crippen molar-refractivity contribution in [1.82, 2.24) is 9.97 Å². The molecule has 0 spiro atoms. The van der Waals surface area contributed by atoms with E-state index in [9.17, 15) is 4.79 Å². The minimum Gasteiger partial charge on any atom is -0.489 e. The van der Waals surface area contributed by atoms with E-state index in [1.165, 1.54) is 5.56 Å². The Bertz CT molecular complexity index is 943. The lowest BCUT2D eigenvalue weighted by atomic mass is 9.96. The molecule has 2 aromatic rings. The first-order chi connectivity index (χ1) is 15.9. The van der Waals surface area contributed by atoms with Gasteiger partial charge in [-0.05, 0) is 43.9 Å². The highest BCUT2D eigenvalue weighted by Crippen LogP contribution is 2.28. The lowest BCUT2D eigenvalue weighted by Gasteiger charge is -2.24. The van der Waals surface area contributed by atoms with E-state index in [4.69, 9.17) is 14.5 Å². The smallest absolute Gasteiger partial charge is 0.227 e. The Morgan fingerprint density at radius 1 is 1.30 bits per heavy atom. The van der Waals surface area contributed by atoms with Crippen LogP contribution in [0.25, 0.3) is 0 Å². The van der Waals surface area contributed by atoms with Gasteiger partial charge in [0.05, 0.1) is 13.2 Å². The molecule has 0 radical (unpaired) electrons. The summed E-state index contributed by atoms with van der Waals surface area (Å²) in [6.07, 6.45) is 4.67. The molecule has 0 bridgehead atoms. The lowest BCUT2D eigenvalue weighted by molar-refractivity contribution is -0.117. The number of nitrogens with zero attached hydrogens (tertiary/aromatic N) is 4. The van der Waals surface area contributed by atoms with Crippen molar-refractivity contribution in [2.24, 2.45) is 5.92 Å². The molecule has 2 saturated heterocycles. The fourth-order valence-electron chi connectivity index (χ4n) is 4.76. The van der Waals surface area contributed by atoms with Gasteiger partial charge in [-0.25, -0.2) is 4.98 Å². The van der Waals surface area contributed by atoms with Gasteiger partial charge in [-0.15, -0.1) is 0 Å². The van der Waals surface area contributed by atoms with Crippen LogP contribution in [0.5, 0.6) is 5.75 Å². The van der Waals surface area contributed by atoms with Gasteiger partial charge in [0.2, 0.25) is 5.95 Å². The molecule has 7 heteroatoms. The van der Waals surface area contributed by atoms with E-state index in [0.29, 0.717) is 12.3 Å². The van der Waals surface area contributed by atoms with Crippen LogP contribution in [-0.2, 0) is 9.53 Å². The first kappa shape index (κ1) is 23.5. The molecule has 0 N–H and O–H groups in total. The molecule has 33 heavy (non-hydrogen) atoms. The molecule has 3 atom stereocenters. The van der Waals surface area contributed by atoms with Gasteiger partial charge in [0.25, 0.3) is 0 Å². The van der Waals surface area contributed by atoms with E-state index in [2.05, 4.69) is 47.8 Å². The van der Waals surface area contributed by atoms with Crippen molar-refractivity contribution in [1.29, 1.82) is 0 Å². The van der Waals surface area contributed by atoms with Crippen molar-refractivity contribution < 1.29 is 14.3 Å². The van der Waals surface area contributed by atoms with Gasteiger partial charge in [0, 0.05) is 57.3 Å². The fraction of sp³-hybridized carbons (Fsp3) is 0.577. The van der Waals surface area contributed by atoms with E-state index < -0.39 is 0 Å². The Labute approximate surface area is 197 Å². The molecule has 1 unspecified atom stereocenters. The quantitative estimate of drug-likeness (QED) is 0.570. The number of anilines is 2. The Morgan fingerprint density at radius 3 is 2.79 bits per heavy atom. The zero-order valence-corrected chi connectivity index (χ0v) is 20.3. The number of carbonyl (C=O) groups is 1. The molecule has 2 aliphatic rings. The van der Waals surface area contributed by atoms with Crippen LogP contribution in [0.15, 0.2) is 30.5 Å². The topological polar surface area (TPSA) is 67.8 Å². The minimum atomic E-state index is 0.122. The molecular weight excluding hydrogens is 416 g/mol. The molecule has 2 fully saturated rings. The number of rotatable bonds is 9. The molecule has 178 valence electrons. The number of aryl methyl sites for hydroxylation is 1. The molecule has 3 heterocycles. The zero-order valence-electron chi connectivity index (χ0n) is 20.3. The Hall–Kier alpha value is -2.67. The summed E-state index contributed by atoms with van der Waals surface area (Å²) in [6, 6.07) is 8.18. The summed E-state index contributed by atoms with van der Waals surface area (Å²) >= 11 is 0. The van der Waals surface area contributed by atoms with Gasteiger partial charge in [-0.1, -0.05) is 19.1 Å². The molecule has 0 aliphatic carbocycles. The predicted octanol–water partition coefficient (Wildman–Crippen LogP) is 4.00. The third-order valence-electron chi connectivity index (χ3n) is 6.62. The van der Waals surface area contributed by atoms with E-state index in [-0.39, 0.29) is 17.8 Å². The van der Waals surface area contributed by atoms with Gasteiger partial charge in [0.15, 0.2) is 0 Å². The van der Waals surface area contributed by atoms with E-state index >= 15 is 0 Å². The molecule has 0 saturated carbocycles. The zero-order chi connectivity index (χ0) is 23.4. The van der Waals surface area contributed by atoms with Crippen molar-refractivity contribution in [3.8, 4) is 5.75 Å². The van der Waals surface area contributed by atoms with Crippen LogP contribution in [0.4, 0.5) is 11.8 Å². The maximum absolute atomic E-state index is 11.4. The number of ether oxygens (including phenoxy) is 2. The average molecular weight is 453 g/mol. The van der Waals surface area contributed by atoms with Crippen molar-refractivity contribution in [3.05, 3.63) is 41.6 Å². The number of carbonyl (C=O) groups excluding carboxylic acids is 1. The van der Waals surface area contributed by atoms with Crippen molar-refractivity contribution >= 4 is 17.5 Å². The Kier molecular flexibility index (Phi) is 7.48. The summed E-state index contributed by atoms with van der Waals surface area (Å²) in [5, 5.41) is 0. The highest BCUT2D eigenvalue weighted by Gasteiger charge is 2.27. The van der Waals surface area contributed by atoms with Crippen LogP contribution in [0.1, 0.15) is 50.2 Å². The third kappa shape index (κ3) is 6.02. The van der Waals surface area contributed by atoms with E-state index in [1.807, 2.05) is 18.3 Å². The highest BCUT2D eigenvalue weighted by atomic mass is 16.5. The van der Waals surface area contributed by atoms with Crippen LogP contribution in [-0.4, -0.2) is 61.8 Å². The molecule has 1 aromatic carbocycles. The second kappa shape index (κ2) is 10.5. The Morgan fingerprint density at radius 2 is 2.09 bits per heavy atom. The van der Waals surface area contributed by atoms with Crippen LogP contribution >= 0.6 is 0 Å². The predicted molar refractivity (Wildman–Crippen MR) is 130 cm³/mol. The SMILES string of the molecule is CC(=O)C[C@@H](C)c1ccc(O[C@@H]2CCN(c3nc(N(C)CC4CCOC4)ncc3C)C2)cc1. The summed E-state index contributed by atoms with van der Waals surface area (Å²) in [7, 11) is 2.06. The third-order valence-corrected chi connectivity index (χ3v) is 6.62.